The van der Waals surface area contributed by atoms with Gasteiger partial charge in [0.1, 0.15) is 11.6 Å². The first-order valence-electron chi connectivity index (χ1n) is 11.0. The SMILES string of the molecule is CC(C)Nc1cc(-c2cc(C=O)n(CC(O)CN(C)Cc3cc(F)ccc3CO)c2)c(Cl)cn1. The Labute approximate surface area is 203 Å². The molecule has 0 aliphatic heterocycles. The lowest BCUT2D eigenvalue weighted by atomic mass is 10.1. The molecule has 0 aliphatic carbocycles. The van der Waals surface area contributed by atoms with Crippen LogP contribution in [-0.2, 0) is 19.7 Å². The normalized spacial score (nSPS) is 12.4. The number of aromatic nitrogens is 2. The number of rotatable bonds is 11. The monoisotopic (exact) mass is 488 g/mol. The van der Waals surface area contributed by atoms with Crippen molar-refractivity contribution in [2.75, 3.05) is 18.9 Å². The van der Waals surface area contributed by atoms with Gasteiger partial charge in [-0.15, -0.1) is 0 Å². The van der Waals surface area contributed by atoms with E-state index >= 15 is 0 Å². The number of carbonyl (C=O) groups excluding carboxylic acids is 1. The summed E-state index contributed by atoms with van der Waals surface area (Å²) < 4.78 is 15.3. The lowest BCUT2D eigenvalue weighted by molar-refractivity contribution is 0.103. The summed E-state index contributed by atoms with van der Waals surface area (Å²) in [4.78, 5) is 17.8. The number of carbonyl (C=O) groups is 1. The summed E-state index contributed by atoms with van der Waals surface area (Å²) in [6, 6.07) is 8.01. The van der Waals surface area contributed by atoms with Crippen LogP contribution in [-0.4, -0.2) is 56.7 Å². The van der Waals surface area contributed by atoms with Gasteiger partial charge in [0.05, 0.1) is 23.4 Å². The molecule has 182 valence electrons. The van der Waals surface area contributed by atoms with Crippen molar-refractivity contribution in [1.29, 1.82) is 0 Å². The topological polar surface area (TPSA) is 90.6 Å². The number of pyridine rings is 1. The molecule has 0 fully saturated rings. The number of anilines is 1. The summed E-state index contributed by atoms with van der Waals surface area (Å²) >= 11 is 6.37. The van der Waals surface area contributed by atoms with Crippen LogP contribution in [0.2, 0.25) is 5.02 Å². The van der Waals surface area contributed by atoms with Gasteiger partial charge in [-0.2, -0.15) is 0 Å². The van der Waals surface area contributed by atoms with Crippen LogP contribution in [0.4, 0.5) is 10.2 Å². The van der Waals surface area contributed by atoms with Crippen molar-refractivity contribution in [2.45, 2.75) is 45.7 Å². The molecule has 0 spiro atoms. The number of hydrogen-bond donors (Lipinski definition) is 3. The van der Waals surface area contributed by atoms with Crippen LogP contribution in [0.5, 0.6) is 0 Å². The number of aliphatic hydroxyl groups excluding tert-OH is 2. The van der Waals surface area contributed by atoms with E-state index in [-0.39, 0.29) is 31.6 Å². The van der Waals surface area contributed by atoms with E-state index in [1.807, 2.05) is 24.8 Å². The Morgan fingerprint density at radius 3 is 2.71 bits per heavy atom. The fourth-order valence-electron chi connectivity index (χ4n) is 3.86. The van der Waals surface area contributed by atoms with Crippen molar-refractivity contribution in [3.8, 4) is 11.1 Å². The predicted octanol–water partition coefficient (Wildman–Crippen LogP) is 3.96. The van der Waals surface area contributed by atoms with E-state index in [0.717, 1.165) is 17.4 Å². The summed E-state index contributed by atoms with van der Waals surface area (Å²) in [5.74, 6) is 0.300. The molecule has 1 atom stereocenters. The van der Waals surface area contributed by atoms with Crippen LogP contribution in [0, 0.1) is 5.82 Å². The summed E-state index contributed by atoms with van der Waals surface area (Å²) in [6.45, 7) is 4.66. The maximum Gasteiger partial charge on any atom is 0.166 e. The molecule has 0 bridgehead atoms. The predicted molar refractivity (Wildman–Crippen MR) is 131 cm³/mol. The van der Waals surface area contributed by atoms with E-state index in [1.165, 1.54) is 12.1 Å². The molecule has 1 unspecified atom stereocenters. The second-order valence-corrected chi connectivity index (χ2v) is 9.10. The smallest absolute Gasteiger partial charge is 0.166 e. The highest BCUT2D eigenvalue weighted by Crippen LogP contribution is 2.31. The lowest BCUT2D eigenvalue weighted by Crippen LogP contribution is -2.32. The summed E-state index contributed by atoms with van der Waals surface area (Å²) in [7, 11) is 1.80. The van der Waals surface area contributed by atoms with Crippen LogP contribution in [0.3, 0.4) is 0 Å². The van der Waals surface area contributed by atoms with Gasteiger partial charge in [0, 0.05) is 49.2 Å². The summed E-state index contributed by atoms with van der Waals surface area (Å²) in [5, 5.41) is 23.9. The molecule has 3 N–H and O–H groups in total. The minimum absolute atomic E-state index is 0.188. The molecule has 0 aliphatic rings. The number of halogens is 2. The molecule has 7 nitrogen and oxygen atoms in total. The average Bonchev–Trinajstić information content (AvgIpc) is 3.17. The van der Waals surface area contributed by atoms with Gasteiger partial charge >= 0.3 is 0 Å². The lowest BCUT2D eigenvalue weighted by Gasteiger charge is -2.22. The van der Waals surface area contributed by atoms with Crippen LogP contribution in [0.1, 0.15) is 35.5 Å². The van der Waals surface area contributed by atoms with Gasteiger partial charge in [0.25, 0.3) is 0 Å². The first-order chi connectivity index (χ1) is 16.2. The Morgan fingerprint density at radius 2 is 2.03 bits per heavy atom. The Hall–Kier alpha value is -2.78. The van der Waals surface area contributed by atoms with Crippen LogP contribution in [0.25, 0.3) is 11.1 Å². The van der Waals surface area contributed by atoms with Crippen molar-refractivity contribution in [3.63, 3.8) is 0 Å². The van der Waals surface area contributed by atoms with E-state index in [2.05, 4.69) is 10.3 Å². The van der Waals surface area contributed by atoms with Gasteiger partial charge in [0.2, 0.25) is 0 Å². The second-order valence-electron chi connectivity index (χ2n) is 8.69. The van der Waals surface area contributed by atoms with Gasteiger partial charge in [-0.25, -0.2) is 9.37 Å². The molecule has 0 radical (unpaired) electrons. The van der Waals surface area contributed by atoms with Gasteiger partial charge in [-0.05, 0) is 56.3 Å². The van der Waals surface area contributed by atoms with Crippen molar-refractivity contribution in [1.82, 2.24) is 14.5 Å². The quantitative estimate of drug-likeness (QED) is 0.354. The number of aliphatic hydroxyl groups is 2. The average molecular weight is 489 g/mol. The van der Waals surface area contributed by atoms with Crippen molar-refractivity contribution in [2.24, 2.45) is 0 Å². The Morgan fingerprint density at radius 1 is 1.26 bits per heavy atom. The third kappa shape index (κ3) is 6.64. The largest absolute Gasteiger partial charge is 0.392 e. The van der Waals surface area contributed by atoms with E-state index in [9.17, 15) is 19.4 Å². The Bertz CT molecular complexity index is 1140. The van der Waals surface area contributed by atoms with Crippen LogP contribution >= 0.6 is 11.6 Å². The van der Waals surface area contributed by atoms with Crippen LogP contribution in [0.15, 0.2) is 42.7 Å². The number of hydrogen-bond acceptors (Lipinski definition) is 6. The molecule has 34 heavy (non-hydrogen) atoms. The maximum absolute atomic E-state index is 13.6. The minimum atomic E-state index is -0.791. The zero-order chi connectivity index (χ0) is 24.8. The minimum Gasteiger partial charge on any atom is -0.392 e. The third-order valence-corrected chi connectivity index (χ3v) is 5.66. The van der Waals surface area contributed by atoms with Gasteiger partial charge in [-0.3, -0.25) is 9.69 Å². The van der Waals surface area contributed by atoms with E-state index < -0.39 is 6.10 Å². The molecule has 3 aromatic rings. The number of nitrogens with zero attached hydrogens (tertiary/aromatic N) is 3. The summed E-state index contributed by atoms with van der Waals surface area (Å²) in [6.07, 6.45) is 3.30. The number of aldehydes is 1. The second kappa shape index (κ2) is 11.6. The molecule has 0 amide bonds. The highest BCUT2D eigenvalue weighted by molar-refractivity contribution is 6.33. The molecule has 9 heteroatoms. The van der Waals surface area contributed by atoms with E-state index in [4.69, 9.17) is 11.6 Å². The van der Waals surface area contributed by atoms with Gasteiger partial charge in [-0.1, -0.05) is 17.7 Å². The fraction of sp³-hybridized carbons (Fsp3) is 0.360. The zero-order valence-electron chi connectivity index (χ0n) is 19.5. The first kappa shape index (κ1) is 25.8. The van der Waals surface area contributed by atoms with E-state index in [0.29, 0.717) is 34.2 Å². The maximum atomic E-state index is 13.6. The number of benzene rings is 1. The number of nitrogens with one attached hydrogen (secondary N) is 1. The standard InChI is InChI=1S/C25H30ClFN4O3/c1-16(2)29-25-8-23(24(26)9-28-25)19-7-21(15-33)31(11-19)13-22(34)12-30(3)10-18-6-20(27)5-4-17(18)14-32/h4-9,11,15-16,22,32,34H,10,12-14H2,1-3H3,(H,28,29). The molecule has 3 rings (SSSR count). The molecule has 0 saturated carbocycles. The van der Waals surface area contributed by atoms with Crippen molar-refractivity contribution >= 4 is 23.7 Å². The van der Waals surface area contributed by atoms with Crippen molar-refractivity contribution < 1.29 is 19.4 Å². The van der Waals surface area contributed by atoms with Crippen LogP contribution < -0.4 is 5.32 Å². The molecule has 2 aromatic heterocycles. The Balaban J connectivity index is 1.73. The van der Waals surface area contributed by atoms with Gasteiger partial charge in [0.15, 0.2) is 6.29 Å². The van der Waals surface area contributed by atoms with E-state index in [1.54, 1.807) is 36.1 Å². The zero-order valence-corrected chi connectivity index (χ0v) is 20.3. The molecule has 1 aromatic carbocycles. The Kier molecular flexibility index (Phi) is 8.79. The highest BCUT2D eigenvalue weighted by Gasteiger charge is 2.16. The molecule has 2 heterocycles. The fourth-order valence-corrected chi connectivity index (χ4v) is 4.07. The molecular weight excluding hydrogens is 459 g/mol. The third-order valence-electron chi connectivity index (χ3n) is 5.36. The van der Waals surface area contributed by atoms with Crippen molar-refractivity contribution in [3.05, 3.63) is 70.4 Å². The summed E-state index contributed by atoms with van der Waals surface area (Å²) in [5.41, 5.74) is 3.19. The molecule has 0 saturated heterocycles. The molecular formula is C25H30ClFN4O3. The highest BCUT2D eigenvalue weighted by atomic mass is 35.5. The first-order valence-corrected chi connectivity index (χ1v) is 11.4. The van der Waals surface area contributed by atoms with Gasteiger partial charge < -0.3 is 20.1 Å². The number of likely N-dealkylation sites (N-methyl/N-ethyl adjacent to an activating group) is 1.